The molecule has 0 aliphatic carbocycles. The van der Waals surface area contributed by atoms with E-state index in [1.165, 1.54) is 43.8 Å². The summed E-state index contributed by atoms with van der Waals surface area (Å²) in [7, 11) is 0. The van der Waals surface area contributed by atoms with Gasteiger partial charge in [0.25, 0.3) is 0 Å². The minimum Gasteiger partial charge on any atom is -1.00 e. The fraction of sp³-hybridized carbons (Fsp3) is 0.778. The second-order valence-corrected chi connectivity index (χ2v) is 4.15. The number of rotatable bonds is 2. The largest absolute Gasteiger partial charge is 1.00 e. The molecule has 0 aromatic carbocycles. The molecule has 4 heteroatoms. The Hall–Kier alpha value is 0.240. The van der Waals surface area contributed by atoms with Gasteiger partial charge in [-0.1, -0.05) is 11.6 Å². The zero-order chi connectivity index (χ0) is 8.44. The van der Waals surface area contributed by atoms with E-state index < -0.39 is 0 Å². The molecular weight excluding hydrogens is 207 g/mol. The Morgan fingerprint density at radius 2 is 1.69 bits per heavy atom. The third-order valence-corrected chi connectivity index (χ3v) is 3.43. The summed E-state index contributed by atoms with van der Waals surface area (Å²) >= 11 is 5.55. The van der Waals surface area contributed by atoms with Gasteiger partial charge in [-0.3, -0.25) is 4.90 Å². The topological polar surface area (TPSA) is 3.24 Å². The Balaban J connectivity index is 0.000000845. The van der Waals surface area contributed by atoms with E-state index in [4.69, 9.17) is 11.6 Å². The summed E-state index contributed by atoms with van der Waals surface area (Å²) in [6, 6.07) is 0. The molecule has 2 bridgehead atoms. The lowest BCUT2D eigenvalue weighted by Gasteiger charge is -2.50. The van der Waals surface area contributed by atoms with Crippen LogP contribution in [0.2, 0.25) is 0 Å². The lowest BCUT2D eigenvalue weighted by molar-refractivity contribution is -0.935. The van der Waals surface area contributed by atoms with Crippen LogP contribution in [0.25, 0.3) is 0 Å². The van der Waals surface area contributed by atoms with Crippen molar-refractivity contribution < 1.29 is 16.9 Å². The molecule has 2 nitrogen and oxygen atoms in total. The SMILES string of the molecule is Cl/C=C/C[N+]12CCN(CC1)CC2.[Cl-]. The van der Waals surface area contributed by atoms with Gasteiger partial charge in [-0.05, 0) is 6.08 Å². The lowest BCUT2D eigenvalue weighted by Crippen LogP contribution is -3.00. The molecule has 0 amide bonds. The van der Waals surface area contributed by atoms with Crippen molar-refractivity contribution in [3.8, 4) is 0 Å². The minimum absolute atomic E-state index is 0. The molecule has 0 spiro atoms. The molecule has 0 saturated carbocycles. The Morgan fingerprint density at radius 3 is 2.15 bits per heavy atom. The molecule has 0 N–H and O–H groups in total. The fourth-order valence-corrected chi connectivity index (χ4v) is 2.35. The van der Waals surface area contributed by atoms with Crippen LogP contribution in [0.3, 0.4) is 0 Å². The van der Waals surface area contributed by atoms with Gasteiger partial charge in [-0.2, -0.15) is 0 Å². The van der Waals surface area contributed by atoms with E-state index in [-0.39, 0.29) is 12.4 Å². The van der Waals surface area contributed by atoms with Gasteiger partial charge < -0.3 is 16.9 Å². The van der Waals surface area contributed by atoms with Gasteiger partial charge in [-0.15, -0.1) is 0 Å². The Morgan fingerprint density at radius 1 is 1.15 bits per heavy atom. The van der Waals surface area contributed by atoms with Gasteiger partial charge >= 0.3 is 0 Å². The van der Waals surface area contributed by atoms with Crippen LogP contribution in [0.4, 0.5) is 0 Å². The van der Waals surface area contributed by atoms with Crippen LogP contribution in [0.1, 0.15) is 0 Å². The predicted molar refractivity (Wildman–Crippen MR) is 51.2 cm³/mol. The molecule has 3 aliphatic heterocycles. The lowest BCUT2D eigenvalue weighted by atomic mass is 10.1. The van der Waals surface area contributed by atoms with Crippen molar-refractivity contribution in [1.29, 1.82) is 0 Å². The first-order valence-corrected chi connectivity index (χ1v) is 5.11. The smallest absolute Gasteiger partial charge is 0.0986 e. The Kier molecular flexibility index (Phi) is 4.05. The highest BCUT2D eigenvalue weighted by atomic mass is 35.5. The van der Waals surface area contributed by atoms with Crippen LogP contribution in [0.15, 0.2) is 11.6 Å². The van der Waals surface area contributed by atoms with Crippen molar-refractivity contribution in [3.63, 3.8) is 0 Å². The van der Waals surface area contributed by atoms with Gasteiger partial charge in [-0.25, -0.2) is 0 Å². The van der Waals surface area contributed by atoms with Crippen molar-refractivity contribution in [1.82, 2.24) is 4.90 Å². The summed E-state index contributed by atoms with van der Waals surface area (Å²) in [6.07, 6.45) is 2.10. The molecule has 0 atom stereocenters. The van der Waals surface area contributed by atoms with Crippen LogP contribution >= 0.6 is 11.6 Å². The van der Waals surface area contributed by atoms with Crippen LogP contribution in [-0.4, -0.2) is 55.2 Å². The maximum Gasteiger partial charge on any atom is 0.0986 e. The van der Waals surface area contributed by atoms with Gasteiger partial charge in [0.1, 0.15) is 0 Å². The van der Waals surface area contributed by atoms with E-state index >= 15 is 0 Å². The van der Waals surface area contributed by atoms with E-state index in [0.717, 1.165) is 6.54 Å². The maximum atomic E-state index is 5.55. The highest BCUT2D eigenvalue weighted by Gasteiger charge is 2.37. The first-order chi connectivity index (χ1) is 5.85. The van der Waals surface area contributed by atoms with Crippen molar-refractivity contribution in [2.45, 2.75) is 0 Å². The molecule has 0 aromatic heterocycles. The van der Waals surface area contributed by atoms with Crippen molar-refractivity contribution in [3.05, 3.63) is 11.6 Å². The molecule has 3 rings (SSSR count). The second kappa shape index (κ2) is 4.65. The number of hydrogen-bond acceptors (Lipinski definition) is 1. The van der Waals surface area contributed by atoms with E-state index in [0.29, 0.717) is 0 Å². The average Bonchev–Trinajstić information content (AvgIpc) is 2.18. The normalized spacial score (nSPS) is 37.8. The van der Waals surface area contributed by atoms with E-state index in [9.17, 15) is 0 Å². The fourth-order valence-electron chi connectivity index (χ4n) is 2.27. The van der Waals surface area contributed by atoms with Crippen molar-refractivity contribution in [2.24, 2.45) is 0 Å². The summed E-state index contributed by atoms with van der Waals surface area (Å²) in [5.41, 5.74) is 1.66. The zero-order valence-electron chi connectivity index (χ0n) is 7.75. The monoisotopic (exact) mass is 222 g/mol. The number of halogens is 2. The third kappa shape index (κ3) is 2.38. The highest BCUT2D eigenvalue weighted by Crippen LogP contribution is 2.19. The van der Waals surface area contributed by atoms with Crippen molar-refractivity contribution >= 4 is 11.6 Å². The Labute approximate surface area is 91.1 Å². The van der Waals surface area contributed by atoms with E-state index in [1.54, 1.807) is 5.54 Å². The van der Waals surface area contributed by atoms with Gasteiger partial charge in [0, 0.05) is 25.2 Å². The zero-order valence-corrected chi connectivity index (χ0v) is 9.27. The van der Waals surface area contributed by atoms with Gasteiger partial charge in [0.05, 0.1) is 26.2 Å². The number of nitrogens with zero attached hydrogens (tertiary/aromatic N) is 2. The third-order valence-electron chi connectivity index (χ3n) is 3.25. The summed E-state index contributed by atoms with van der Waals surface area (Å²) < 4.78 is 1.28. The van der Waals surface area contributed by atoms with Gasteiger partial charge in [0.2, 0.25) is 0 Å². The van der Waals surface area contributed by atoms with E-state index in [1.807, 2.05) is 0 Å². The second-order valence-electron chi connectivity index (χ2n) is 3.90. The predicted octanol–water partition coefficient (Wildman–Crippen LogP) is -2.11. The van der Waals surface area contributed by atoms with Gasteiger partial charge in [0.15, 0.2) is 0 Å². The summed E-state index contributed by atoms with van der Waals surface area (Å²) in [4.78, 5) is 2.56. The Bertz CT molecular complexity index is 172. The molecule has 76 valence electrons. The molecule has 0 aromatic rings. The first kappa shape index (κ1) is 11.3. The maximum absolute atomic E-state index is 5.55. The number of quaternary nitrogens is 1. The molecule has 3 saturated heterocycles. The van der Waals surface area contributed by atoms with Crippen LogP contribution in [0, 0.1) is 0 Å². The molecular formula is C9H16Cl2N2. The summed E-state index contributed by atoms with van der Waals surface area (Å²) in [6.45, 7) is 8.96. The molecule has 3 fully saturated rings. The summed E-state index contributed by atoms with van der Waals surface area (Å²) in [5.74, 6) is 0. The molecule has 3 heterocycles. The molecule has 13 heavy (non-hydrogen) atoms. The number of hydrogen-bond donors (Lipinski definition) is 0. The minimum atomic E-state index is 0. The average molecular weight is 223 g/mol. The summed E-state index contributed by atoms with van der Waals surface area (Å²) in [5, 5.41) is 0. The standard InChI is InChI=1S/C9H16ClN2.ClH/c10-2-1-6-12-7-3-11(4-8-12)5-9-12;/h1-2H,3-9H2;1H/q+1;/p-1/b2-1+;. The van der Waals surface area contributed by atoms with E-state index in [2.05, 4.69) is 11.0 Å². The van der Waals surface area contributed by atoms with Crippen LogP contribution in [0.5, 0.6) is 0 Å². The first-order valence-electron chi connectivity index (χ1n) is 4.67. The molecule has 3 aliphatic rings. The number of piperazine rings is 3. The molecule has 0 radical (unpaired) electrons. The quantitative estimate of drug-likeness (QED) is 0.484. The molecule has 0 unspecified atom stereocenters. The highest BCUT2D eigenvalue weighted by molar-refractivity contribution is 6.25. The number of fused-ring (bicyclic) bond motifs is 3. The van der Waals surface area contributed by atoms with Crippen LogP contribution < -0.4 is 12.4 Å². The van der Waals surface area contributed by atoms with Crippen molar-refractivity contribution in [2.75, 3.05) is 45.8 Å². The van der Waals surface area contributed by atoms with Crippen LogP contribution in [-0.2, 0) is 0 Å².